The third-order valence-electron chi connectivity index (χ3n) is 3.71. The number of hydrogen-bond donors (Lipinski definition) is 1. The van der Waals surface area contributed by atoms with Crippen molar-refractivity contribution in [2.45, 2.75) is 32.9 Å². The van der Waals surface area contributed by atoms with Gasteiger partial charge in [-0.2, -0.15) is 4.98 Å². The third kappa shape index (κ3) is 4.41. The molecule has 0 aliphatic rings. The maximum atomic E-state index is 12.4. The van der Waals surface area contributed by atoms with Crippen LogP contribution in [0.25, 0.3) is 11.5 Å². The van der Waals surface area contributed by atoms with E-state index in [-0.39, 0.29) is 35.9 Å². The van der Waals surface area contributed by atoms with Gasteiger partial charge in [0.2, 0.25) is 5.91 Å². The molecule has 0 aliphatic heterocycles. The number of amides is 1. The minimum Gasteiger partial charge on any atom is -0.356 e. The molecule has 3 aromatic heterocycles. The number of aromatic nitrogens is 6. The highest BCUT2D eigenvalue weighted by atomic mass is 16.5. The summed E-state index contributed by atoms with van der Waals surface area (Å²) in [6, 6.07) is 0. The molecule has 0 unspecified atom stereocenters. The Hall–Kier alpha value is -3.30. The van der Waals surface area contributed by atoms with Crippen LogP contribution in [0.3, 0.4) is 0 Å². The second-order valence-corrected chi connectivity index (χ2v) is 5.71. The van der Waals surface area contributed by atoms with Gasteiger partial charge < -0.3 is 14.4 Å². The molecule has 1 amide bonds. The predicted octanol–water partition coefficient (Wildman–Crippen LogP) is 0.395. The zero-order valence-electron chi connectivity index (χ0n) is 14.3. The Morgan fingerprint density at radius 1 is 1.27 bits per heavy atom. The minimum absolute atomic E-state index is 0.123. The average molecular weight is 357 g/mol. The molecule has 0 atom stereocenters. The van der Waals surface area contributed by atoms with E-state index in [2.05, 4.69) is 25.4 Å². The van der Waals surface area contributed by atoms with Crippen molar-refractivity contribution >= 4 is 5.91 Å². The van der Waals surface area contributed by atoms with E-state index in [0.29, 0.717) is 12.4 Å². The van der Waals surface area contributed by atoms with Gasteiger partial charge in [0, 0.05) is 44.6 Å². The van der Waals surface area contributed by atoms with Crippen molar-refractivity contribution < 1.29 is 9.32 Å². The molecule has 0 aliphatic carbocycles. The van der Waals surface area contributed by atoms with E-state index in [9.17, 15) is 9.59 Å². The molecule has 3 heterocycles. The molecule has 3 rings (SSSR count). The van der Waals surface area contributed by atoms with Gasteiger partial charge in [0.1, 0.15) is 5.56 Å². The van der Waals surface area contributed by atoms with E-state index in [1.54, 1.807) is 19.4 Å². The largest absolute Gasteiger partial charge is 0.356 e. The molecule has 0 saturated heterocycles. The molecule has 3 aromatic rings. The molecular weight excluding hydrogens is 338 g/mol. The maximum absolute atomic E-state index is 12.4. The predicted molar refractivity (Wildman–Crippen MR) is 91.0 cm³/mol. The van der Waals surface area contributed by atoms with Crippen molar-refractivity contribution in [3.05, 3.63) is 47.4 Å². The van der Waals surface area contributed by atoms with Gasteiger partial charge in [-0.15, -0.1) is 0 Å². The van der Waals surface area contributed by atoms with E-state index in [4.69, 9.17) is 4.52 Å². The Morgan fingerprint density at radius 2 is 2.15 bits per heavy atom. The molecule has 10 heteroatoms. The van der Waals surface area contributed by atoms with Crippen LogP contribution in [0, 0.1) is 6.92 Å². The van der Waals surface area contributed by atoms with Gasteiger partial charge in [0.25, 0.3) is 11.4 Å². The van der Waals surface area contributed by atoms with Crippen molar-refractivity contribution in [1.82, 2.24) is 34.6 Å². The Morgan fingerprint density at radius 3 is 2.88 bits per heavy atom. The number of nitrogens with one attached hydrogen (secondary N) is 1. The van der Waals surface area contributed by atoms with Gasteiger partial charge in [-0.1, -0.05) is 5.16 Å². The van der Waals surface area contributed by atoms with Gasteiger partial charge in [-0.3, -0.25) is 14.2 Å². The number of imidazole rings is 1. The summed E-state index contributed by atoms with van der Waals surface area (Å²) >= 11 is 0. The first-order valence-corrected chi connectivity index (χ1v) is 8.21. The molecule has 0 spiro atoms. The van der Waals surface area contributed by atoms with Crippen LogP contribution in [0.2, 0.25) is 0 Å². The number of aryl methyl sites for hydroxylation is 3. The highest BCUT2D eigenvalue weighted by Gasteiger charge is 2.13. The molecule has 0 aromatic carbocycles. The lowest BCUT2D eigenvalue weighted by Crippen LogP contribution is -2.29. The Labute approximate surface area is 148 Å². The Balaban J connectivity index is 1.49. The standard InChI is InChI=1S/C16H19N7O3/c1-12-20-15(26-21-12)13-9-18-11-23(16(13)25)7-3-14(24)19-4-2-6-22-8-5-17-10-22/h5,8-11H,2-4,6-7H2,1H3,(H,19,24). The molecule has 26 heavy (non-hydrogen) atoms. The molecule has 0 saturated carbocycles. The lowest BCUT2D eigenvalue weighted by atomic mass is 10.3. The molecule has 10 nitrogen and oxygen atoms in total. The molecular formula is C16H19N7O3. The summed E-state index contributed by atoms with van der Waals surface area (Å²) < 4.78 is 8.32. The van der Waals surface area contributed by atoms with Gasteiger partial charge in [-0.05, 0) is 13.3 Å². The van der Waals surface area contributed by atoms with Crippen LogP contribution >= 0.6 is 0 Å². The van der Waals surface area contributed by atoms with E-state index >= 15 is 0 Å². The first-order valence-electron chi connectivity index (χ1n) is 8.21. The number of hydrogen-bond acceptors (Lipinski definition) is 7. The first kappa shape index (κ1) is 17.5. The first-order chi connectivity index (χ1) is 12.6. The molecule has 0 radical (unpaired) electrons. The zero-order chi connectivity index (χ0) is 18.4. The fraction of sp³-hybridized carbons (Fsp3) is 0.375. The zero-order valence-corrected chi connectivity index (χ0v) is 14.3. The quantitative estimate of drug-likeness (QED) is 0.579. The lowest BCUT2D eigenvalue weighted by molar-refractivity contribution is -0.121. The van der Waals surface area contributed by atoms with Crippen LogP contribution in [0.4, 0.5) is 0 Å². The van der Waals surface area contributed by atoms with Crippen molar-refractivity contribution in [1.29, 1.82) is 0 Å². The number of rotatable bonds is 8. The normalized spacial score (nSPS) is 10.8. The topological polar surface area (TPSA) is 121 Å². The highest BCUT2D eigenvalue weighted by molar-refractivity contribution is 5.75. The van der Waals surface area contributed by atoms with Crippen LogP contribution in [0.5, 0.6) is 0 Å². The summed E-state index contributed by atoms with van der Waals surface area (Å²) in [7, 11) is 0. The van der Waals surface area contributed by atoms with Gasteiger partial charge in [0.15, 0.2) is 5.82 Å². The minimum atomic E-state index is -0.323. The average Bonchev–Trinajstić information content (AvgIpc) is 3.29. The summed E-state index contributed by atoms with van der Waals surface area (Å²) in [6.07, 6.45) is 9.07. The summed E-state index contributed by atoms with van der Waals surface area (Å²) in [4.78, 5) is 36.4. The van der Waals surface area contributed by atoms with Crippen molar-refractivity contribution in [2.75, 3.05) is 6.54 Å². The van der Waals surface area contributed by atoms with Crippen molar-refractivity contribution in [3.63, 3.8) is 0 Å². The van der Waals surface area contributed by atoms with E-state index in [1.807, 2.05) is 10.8 Å². The fourth-order valence-corrected chi connectivity index (χ4v) is 2.38. The monoisotopic (exact) mass is 357 g/mol. The molecule has 0 bridgehead atoms. The van der Waals surface area contributed by atoms with E-state index in [0.717, 1.165) is 13.0 Å². The number of nitrogens with zero attached hydrogens (tertiary/aromatic N) is 6. The summed E-state index contributed by atoms with van der Waals surface area (Å²) in [5, 5.41) is 6.50. The molecule has 1 N–H and O–H groups in total. The summed E-state index contributed by atoms with van der Waals surface area (Å²) in [5.74, 6) is 0.435. The van der Waals surface area contributed by atoms with Crippen LogP contribution in [0.1, 0.15) is 18.7 Å². The van der Waals surface area contributed by atoms with E-state index in [1.165, 1.54) is 17.1 Å². The molecule has 136 valence electrons. The van der Waals surface area contributed by atoms with Crippen molar-refractivity contribution in [2.24, 2.45) is 0 Å². The maximum Gasteiger partial charge on any atom is 0.266 e. The lowest BCUT2D eigenvalue weighted by Gasteiger charge is -2.07. The third-order valence-corrected chi connectivity index (χ3v) is 3.71. The summed E-state index contributed by atoms with van der Waals surface area (Å²) in [6.45, 7) is 3.24. The fourth-order valence-electron chi connectivity index (χ4n) is 2.38. The molecule has 0 fully saturated rings. The van der Waals surface area contributed by atoms with Gasteiger partial charge in [-0.25, -0.2) is 9.97 Å². The van der Waals surface area contributed by atoms with Crippen LogP contribution < -0.4 is 10.9 Å². The second-order valence-electron chi connectivity index (χ2n) is 5.71. The van der Waals surface area contributed by atoms with Gasteiger partial charge in [0.05, 0.1) is 12.7 Å². The SMILES string of the molecule is Cc1noc(-c2cncn(CCC(=O)NCCCn3ccnc3)c2=O)n1. The van der Waals surface area contributed by atoms with Crippen LogP contribution in [0.15, 0.2) is 40.6 Å². The smallest absolute Gasteiger partial charge is 0.266 e. The van der Waals surface area contributed by atoms with Crippen LogP contribution in [-0.2, 0) is 17.9 Å². The van der Waals surface area contributed by atoms with Crippen molar-refractivity contribution in [3.8, 4) is 11.5 Å². The second kappa shape index (κ2) is 8.19. The van der Waals surface area contributed by atoms with Crippen LogP contribution in [-0.4, -0.2) is 41.7 Å². The van der Waals surface area contributed by atoms with Gasteiger partial charge >= 0.3 is 0 Å². The number of carbonyl (C=O) groups is 1. The highest BCUT2D eigenvalue weighted by Crippen LogP contribution is 2.10. The number of carbonyl (C=O) groups excluding carboxylic acids is 1. The Bertz CT molecular complexity index is 914. The summed E-state index contributed by atoms with van der Waals surface area (Å²) in [5.41, 5.74) is -0.106. The Kier molecular flexibility index (Phi) is 5.52. The van der Waals surface area contributed by atoms with E-state index < -0.39 is 0 Å².